The summed E-state index contributed by atoms with van der Waals surface area (Å²) in [5.41, 5.74) is 0. The van der Waals surface area contributed by atoms with Gasteiger partial charge in [-0.1, -0.05) is 0 Å². The molecule has 0 aromatic rings. The number of hydrogen-bond acceptors (Lipinski definition) is 3. The molecule has 0 aliphatic carbocycles. The molecule has 5 nitrogen and oxygen atoms in total. The monoisotopic (exact) mass is 144 g/mol. The van der Waals surface area contributed by atoms with Gasteiger partial charge in [0.1, 0.15) is 0 Å². The van der Waals surface area contributed by atoms with E-state index in [1.54, 1.807) is 0 Å². The molecule has 1 aliphatic heterocycles. The maximum Gasteiger partial charge on any atom is 0.330 e. The lowest BCUT2D eigenvalue weighted by Crippen LogP contribution is -2.56. The van der Waals surface area contributed by atoms with Crippen LogP contribution in [0.1, 0.15) is 0 Å². The zero-order valence-corrected chi connectivity index (χ0v) is 5.26. The molecule has 0 radical (unpaired) electrons. The van der Waals surface area contributed by atoms with Crippen molar-refractivity contribution in [2.24, 2.45) is 0 Å². The number of carbonyl (C=O) groups is 2. The Morgan fingerprint density at radius 3 is 2.70 bits per heavy atom. The third-order valence-electron chi connectivity index (χ3n) is 1.28. The van der Waals surface area contributed by atoms with Crippen molar-refractivity contribution in [1.29, 1.82) is 0 Å². The first-order valence-corrected chi connectivity index (χ1v) is 2.95. The van der Waals surface area contributed by atoms with Crippen LogP contribution in [0.2, 0.25) is 0 Å². The summed E-state index contributed by atoms with van der Waals surface area (Å²) in [6.07, 6.45) is 0. The molecule has 1 heterocycles. The lowest BCUT2D eigenvalue weighted by atomic mass is 10.2. The topological polar surface area (TPSA) is 78.4 Å². The summed E-state index contributed by atoms with van der Waals surface area (Å²) in [6, 6.07) is -1.06. The van der Waals surface area contributed by atoms with Gasteiger partial charge in [-0.25, -0.2) is 4.79 Å². The van der Waals surface area contributed by atoms with Gasteiger partial charge < -0.3 is 10.4 Å². The highest BCUT2D eigenvalue weighted by molar-refractivity contribution is 6.01. The molecule has 1 rings (SSSR count). The number of piperazine rings is 1. The maximum absolute atomic E-state index is 10.7. The number of carboxylic acids is 1. The molecule has 1 saturated heterocycles. The van der Waals surface area contributed by atoms with E-state index in [1.807, 2.05) is 0 Å². The summed E-state index contributed by atoms with van der Waals surface area (Å²) < 4.78 is 0. The number of amides is 1. The minimum Gasteiger partial charge on any atom is -0.480 e. The Hall–Kier alpha value is -1.10. The van der Waals surface area contributed by atoms with Gasteiger partial charge >= 0.3 is 5.97 Å². The Morgan fingerprint density at radius 2 is 2.30 bits per heavy atom. The molecule has 5 heteroatoms. The average Bonchev–Trinajstić information content (AvgIpc) is 1.88. The van der Waals surface area contributed by atoms with Crippen molar-refractivity contribution in [2.75, 3.05) is 13.1 Å². The van der Waals surface area contributed by atoms with Gasteiger partial charge in [0, 0.05) is 13.1 Å². The van der Waals surface area contributed by atoms with Crippen molar-refractivity contribution in [3.63, 3.8) is 0 Å². The van der Waals surface area contributed by atoms with Crippen LogP contribution in [0.25, 0.3) is 0 Å². The van der Waals surface area contributed by atoms with Gasteiger partial charge in [0.2, 0.25) is 5.91 Å². The van der Waals surface area contributed by atoms with Gasteiger partial charge in [-0.3, -0.25) is 10.1 Å². The van der Waals surface area contributed by atoms with Crippen molar-refractivity contribution < 1.29 is 14.7 Å². The summed E-state index contributed by atoms with van der Waals surface area (Å²) in [5.74, 6) is -1.59. The Kier molecular flexibility index (Phi) is 1.86. The third kappa shape index (κ3) is 1.24. The second-order valence-electron chi connectivity index (χ2n) is 2.02. The fourth-order valence-corrected chi connectivity index (χ4v) is 0.796. The third-order valence-corrected chi connectivity index (χ3v) is 1.28. The molecule has 1 amide bonds. The predicted octanol–water partition coefficient (Wildman–Crippen LogP) is -1.84. The first kappa shape index (κ1) is 7.01. The molecule has 0 aromatic heterocycles. The van der Waals surface area contributed by atoms with E-state index < -0.39 is 17.9 Å². The molecule has 0 aromatic carbocycles. The van der Waals surface area contributed by atoms with E-state index in [-0.39, 0.29) is 0 Å². The van der Waals surface area contributed by atoms with Crippen molar-refractivity contribution in [2.45, 2.75) is 6.04 Å². The Morgan fingerprint density at radius 1 is 1.60 bits per heavy atom. The summed E-state index contributed by atoms with van der Waals surface area (Å²) >= 11 is 0. The van der Waals surface area contributed by atoms with Crippen LogP contribution in [0.5, 0.6) is 0 Å². The van der Waals surface area contributed by atoms with E-state index in [9.17, 15) is 9.59 Å². The minimum atomic E-state index is -1.13. The Bertz CT molecular complexity index is 168. The average molecular weight is 144 g/mol. The van der Waals surface area contributed by atoms with Crippen LogP contribution >= 0.6 is 0 Å². The summed E-state index contributed by atoms with van der Waals surface area (Å²) in [5, 5.41) is 13.4. The molecule has 10 heavy (non-hydrogen) atoms. The number of rotatable bonds is 1. The van der Waals surface area contributed by atoms with E-state index in [4.69, 9.17) is 5.11 Å². The molecule has 1 atom stereocenters. The Balaban J connectivity index is 2.56. The minimum absolute atomic E-state index is 0.459. The van der Waals surface area contributed by atoms with Crippen LogP contribution in [0.3, 0.4) is 0 Å². The smallest absolute Gasteiger partial charge is 0.330 e. The van der Waals surface area contributed by atoms with Crippen molar-refractivity contribution in [3.8, 4) is 0 Å². The van der Waals surface area contributed by atoms with Gasteiger partial charge in [-0.05, 0) is 0 Å². The molecule has 1 unspecified atom stereocenters. The van der Waals surface area contributed by atoms with Crippen molar-refractivity contribution >= 4 is 11.9 Å². The number of hydrogen-bond donors (Lipinski definition) is 3. The summed E-state index contributed by atoms with van der Waals surface area (Å²) in [6.45, 7) is 1.02. The highest BCUT2D eigenvalue weighted by Gasteiger charge is 2.27. The van der Waals surface area contributed by atoms with Gasteiger partial charge in [0.05, 0.1) is 0 Å². The Labute approximate surface area is 57.4 Å². The first-order valence-electron chi connectivity index (χ1n) is 2.95. The van der Waals surface area contributed by atoms with Crippen LogP contribution in [0.15, 0.2) is 0 Å². The number of aliphatic carboxylic acids is 1. The molecule has 3 N–H and O–H groups in total. The molecule has 0 spiro atoms. The quantitative estimate of drug-likeness (QED) is 0.378. The first-order chi connectivity index (χ1) is 4.72. The highest BCUT2D eigenvalue weighted by Crippen LogP contribution is 1.87. The predicted molar refractivity (Wildman–Crippen MR) is 32.4 cm³/mol. The zero-order chi connectivity index (χ0) is 7.56. The number of carboxylic acid groups (broad SMARTS) is 1. The molecular weight excluding hydrogens is 136 g/mol. The second-order valence-corrected chi connectivity index (χ2v) is 2.02. The fourth-order valence-electron chi connectivity index (χ4n) is 0.796. The van der Waals surface area contributed by atoms with Crippen molar-refractivity contribution in [1.82, 2.24) is 10.6 Å². The maximum atomic E-state index is 10.7. The SMILES string of the molecule is O=C(O)C1NCCNC1=O. The largest absolute Gasteiger partial charge is 0.480 e. The highest BCUT2D eigenvalue weighted by atomic mass is 16.4. The number of nitrogens with one attached hydrogen (secondary N) is 2. The van der Waals surface area contributed by atoms with Gasteiger partial charge in [-0.15, -0.1) is 0 Å². The normalized spacial score (nSPS) is 25.6. The summed E-state index contributed by atoms with van der Waals surface area (Å²) in [7, 11) is 0. The van der Waals surface area contributed by atoms with E-state index >= 15 is 0 Å². The zero-order valence-electron chi connectivity index (χ0n) is 5.26. The fraction of sp³-hybridized carbons (Fsp3) is 0.600. The summed E-state index contributed by atoms with van der Waals surface area (Å²) in [4.78, 5) is 20.9. The molecule has 0 saturated carbocycles. The van der Waals surface area contributed by atoms with Crippen LogP contribution in [0, 0.1) is 0 Å². The van der Waals surface area contributed by atoms with Crippen molar-refractivity contribution in [3.05, 3.63) is 0 Å². The van der Waals surface area contributed by atoms with E-state index in [0.29, 0.717) is 13.1 Å². The van der Waals surface area contributed by atoms with E-state index in [1.165, 1.54) is 0 Å². The standard InChI is InChI=1S/C5H8N2O3/c8-4-3(5(9)10)6-1-2-7-4/h3,6H,1-2H2,(H,7,8)(H,9,10). The van der Waals surface area contributed by atoms with Crippen LogP contribution in [0.4, 0.5) is 0 Å². The van der Waals surface area contributed by atoms with Crippen LogP contribution < -0.4 is 10.6 Å². The van der Waals surface area contributed by atoms with E-state index in [0.717, 1.165) is 0 Å². The molecule has 0 bridgehead atoms. The second kappa shape index (κ2) is 2.66. The molecule has 56 valence electrons. The van der Waals surface area contributed by atoms with E-state index in [2.05, 4.69) is 10.6 Å². The molecule has 1 aliphatic rings. The lowest BCUT2D eigenvalue weighted by Gasteiger charge is -2.19. The van der Waals surface area contributed by atoms with Crippen LogP contribution in [-0.2, 0) is 9.59 Å². The lowest BCUT2D eigenvalue weighted by molar-refractivity contribution is -0.144. The molecular formula is C5H8N2O3. The van der Waals surface area contributed by atoms with Gasteiger partial charge in [0.25, 0.3) is 0 Å². The van der Waals surface area contributed by atoms with Gasteiger partial charge in [-0.2, -0.15) is 0 Å². The molecule has 1 fully saturated rings. The van der Waals surface area contributed by atoms with Crippen LogP contribution in [-0.4, -0.2) is 36.1 Å². The number of carbonyl (C=O) groups excluding carboxylic acids is 1. The van der Waals surface area contributed by atoms with Gasteiger partial charge in [0.15, 0.2) is 6.04 Å².